The van der Waals surface area contributed by atoms with E-state index in [0.29, 0.717) is 0 Å². The molecule has 1 fully saturated rings. The third kappa shape index (κ3) is 2.01. The fraction of sp³-hybridized carbons (Fsp3) is 0.467. The fourth-order valence-corrected chi connectivity index (χ4v) is 3.21. The summed E-state index contributed by atoms with van der Waals surface area (Å²) >= 11 is 0. The van der Waals surface area contributed by atoms with E-state index in [-0.39, 0.29) is 30.4 Å². The Kier molecular flexibility index (Phi) is 3.01. The predicted molar refractivity (Wildman–Crippen MR) is 71.4 cm³/mol. The molecule has 19 heavy (non-hydrogen) atoms. The summed E-state index contributed by atoms with van der Waals surface area (Å²) in [7, 11) is 0. The van der Waals surface area contributed by atoms with Gasteiger partial charge < -0.3 is 10.2 Å². The number of nitrogens with zero attached hydrogens (tertiary/aromatic N) is 1. The maximum atomic E-state index is 12.2. The summed E-state index contributed by atoms with van der Waals surface area (Å²) in [6, 6.07) is 7.94. The first-order valence-corrected chi connectivity index (χ1v) is 6.85. The minimum absolute atomic E-state index is 0.0220. The van der Waals surface area contributed by atoms with Gasteiger partial charge in [-0.2, -0.15) is 0 Å². The van der Waals surface area contributed by atoms with E-state index in [9.17, 15) is 9.59 Å². The molecule has 4 nitrogen and oxygen atoms in total. The normalized spacial score (nSPS) is 26.9. The Bertz CT molecular complexity index is 527. The second-order valence-electron chi connectivity index (χ2n) is 5.30. The van der Waals surface area contributed by atoms with E-state index >= 15 is 0 Å². The smallest absolute Gasteiger partial charge is 0.243 e. The van der Waals surface area contributed by atoms with Crippen LogP contribution in [-0.2, 0) is 16.0 Å². The van der Waals surface area contributed by atoms with Crippen LogP contribution in [0.25, 0.3) is 0 Å². The number of hydrogen-bond acceptors (Lipinski definition) is 2. The minimum atomic E-state index is -0.377. The molecule has 0 spiro atoms. The molecular formula is C15H18N2O2. The van der Waals surface area contributed by atoms with Crippen LogP contribution in [0.5, 0.6) is 0 Å². The molecular weight excluding hydrogens is 240 g/mol. The zero-order valence-corrected chi connectivity index (χ0v) is 11.1. The van der Waals surface area contributed by atoms with Crippen molar-refractivity contribution < 1.29 is 9.59 Å². The molecule has 1 saturated heterocycles. The molecule has 4 heteroatoms. The van der Waals surface area contributed by atoms with Gasteiger partial charge in [0.2, 0.25) is 11.8 Å². The molecule has 1 heterocycles. The highest BCUT2D eigenvalue weighted by molar-refractivity contribution is 5.94. The molecule has 2 unspecified atom stereocenters. The Labute approximate surface area is 112 Å². The van der Waals surface area contributed by atoms with Gasteiger partial charge in [0.05, 0.1) is 12.6 Å². The van der Waals surface area contributed by atoms with Gasteiger partial charge in [-0.1, -0.05) is 24.3 Å². The Morgan fingerprint density at radius 3 is 2.89 bits per heavy atom. The second-order valence-corrected chi connectivity index (χ2v) is 5.30. The van der Waals surface area contributed by atoms with Crippen LogP contribution in [0.15, 0.2) is 24.3 Å². The van der Waals surface area contributed by atoms with E-state index in [0.717, 1.165) is 19.3 Å². The first kappa shape index (κ1) is 12.2. The zero-order chi connectivity index (χ0) is 13.4. The van der Waals surface area contributed by atoms with Crippen molar-refractivity contribution in [2.75, 3.05) is 6.54 Å². The topological polar surface area (TPSA) is 49.4 Å². The van der Waals surface area contributed by atoms with Gasteiger partial charge in [-0.15, -0.1) is 0 Å². The average molecular weight is 258 g/mol. The highest BCUT2D eigenvalue weighted by Gasteiger charge is 2.37. The molecule has 0 bridgehead atoms. The summed E-state index contributed by atoms with van der Waals surface area (Å²) in [5.74, 6) is -0.0311. The van der Waals surface area contributed by atoms with Crippen molar-refractivity contribution in [3.05, 3.63) is 35.4 Å². The van der Waals surface area contributed by atoms with Crippen LogP contribution in [0.1, 0.15) is 36.9 Å². The number of benzene rings is 1. The molecule has 1 N–H and O–H groups in total. The molecule has 100 valence electrons. The van der Waals surface area contributed by atoms with Crippen molar-refractivity contribution in [1.29, 1.82) is 0 Å². The minimum Gasteiger partial charge on any atom is -0.345 e. The maximum absolute atomic E-state index is 12.2. The summed E-state index contributed by atoms with van der Waals surface area (Å²) in [6.45, 7) is 1.94. The highest BCUT2D eigenvalue weighted by Crippen LogP contribution is 2.35. The van der Waals surface area contributed by atoms with Gasteiger partial charge in [0.15, 0.2) is 0 Å². The summed E-state index contributed by atoms with van der Waals surface area (Å²) in [5.41, 5.74) is 2.52. The summed E-state index contributed by atoms with van der Waals surface area (Å²) in [5, 5.41) is 2.64. The lowest BCUT2D eigenvalue weighted by Gasteiger charge is -2.41. The number of carbonyl (C=O) groups excluding carboxylic acids is 2. The number of rotatable bonds is 1. The van der Waals surface area contributed by atoms with Crippen molar-refractivity contribution in [2.45, 2.75) is 38.3 Å². The molecule has 1 aromatic rings. The highest BCUT2D eigenvalue weighted by atomic mass is 16.2. The van der Waals surface area contributed by atoms with E-state index in [1.807, 2.05) is 19.1 Å². The molecule has 0 aromatic heterocycles. The number of carbonyl (C=O) groups is 2. The van der Waals surface area contributed by atoms with Gasteiger partial charge in [-0.25, -0.2) is 0 Å². The third-order valence-corrected chi connectivity index (χ3v) is 4.17. The van der Waals surface area contributed by atoms with Crippen molar-refractivity contribution in [2.24, 2.45) is 0 Å². The van der Waals surface area contributed by atoms with Crippen molar-refractivity contribution in [1.82, 2.24) is 10.2 Å². The van der Waals surface area contributed by atoms with Gasteiger partial charge in [-0.05, 0) is 37.3 Å². The first-order valence-electron chi connectivity index (χ1n) is 6.85. The van der Waals surface area contributed by atoms with Gasteiger partial charge >= 0.3 is 0 Å². The van der Waals surface area contributed by atoms with E-state index in [4.69, 9.17) is 0 Å². The maximum Gasteiger partial charge on any atom is 0.243 e. The van der Waals surface area contributed by atoms with Crippen molar-refractivity contribution >= 4 is 11.8 Å². The molecule has 2 aliphatic rings. The first-order chi connectivity index (χ1) is 9.18. The van der Waals surface area contributed by atoms with Crippen LogP contribution in [0.3, 0.4) is 0 Å². The molecule has 2 amide bonds. The molecule has 2 atom stereocenters. The Morgan fingerprint density at radius 1 is 1.26 bits per heavy atom. The number of aryl methyl sites for hydroxylation is 1. The van der Waals surface area contributed by atoms with E-state index in [1.165, 1.54) is 11.1 Å². The van der Waals surface area contributed by atoms with Crippen LogP contribution in [0, 0.1) is 0 Å². The van der Waals surface area contributed by atoms with Crippen molar-refractivity contribution in [3.63, 3.8) is 0 Å². The second kappa shape index (κ2) is 4.68. The number of fused-ring (bicyclic) bond motifs is 1. The molecule has 0 saturated carbocycles. The van der Waals surface area contributed by atoms with Gasteiger partial charge in [0.25, 0.3) is 0 Å². The molecule has 1 aromatic carbocycles. The van der Waals surface area contributed by atoms with Crippen LogP contribution in [0.2, 0.25) is 0 Å². The SMILES string of the molecule is CC1C(=O)NCC(=O)N1C1CCCc2ccccc21. The van der Waals surface area contributed by atoms with E-state index in [1.54, 1.807) is 4.90 Å². The Morgan fingerprint density at radius 2 is 2.05 bits per heavy atom. The van der Waals surface area contributed by atoms with Gasteiger partial charge in [0.1, 0.15) is 6.04 Å². The molecule has 1 aliphatic heterocycles. The summed E-state index contributed by atoms with van der Waals surface area (Å²) in [4.78, 5) is 25.7. The standard InChI is InChI=1S/C15H18N2O2/c1-10-15(19)16-9-14(18)17(10)13-8-4-6-11-5-2-3-7-12(11)13/h2-3,5,7,10,13H,4,6,8-9H2,1H3,(H,16,19). The van der Waals surface area contributed by atoms with Crippen LogP contribution in [0.4, 0.5) is 0 Å². The quantitative estimate of drug-likeness (QED) is 0.828. The number of piperazine rings is 1. The number of amides is 2. The molecule has 0 radical (unpaired) electrons. The monoisotopic (exact) mass is 258 g/mol. The lowest BCUT2D eigenvalue weighted by atomic mass is 9.86. The van der Waals surface area contributed by atoms with E-state index < -0.39 is 0 Å². The Hall–Kier alpha value is -1.84. The Balaban J connectivity index is 1.98. The van der Waals surface area contributed by atoms with Crippen LogP contribution < -0.4 is 5.32 Å². The summed E-state index contributed by atoms with van der Waals surface area (Å²) in [6.07, 6.45) is 3.08. The number of nitrogens with one attached hydrogen (secondary N) is 1. The number of hydrogen-bond donors (Lipinski definition) is 1. The molecule has 3 rings (SSSR count). The van der Waals surface area contributed by atoms with Crippen LogP contribution >= 0.6 is 0 Å². The van der Waals surface area contributed by atoms with E-state index in [2.05, 4.69) is 17.4 Å². The summed E-state index contributed by atoms with van der Waals surface area (Å²) < 4.78 is 0. The zero-order valence-electron chi connectivity index (χ0n) is 11.1. The van der Waals surface area contributed by atoms with Gasteiger partial charge in [-0.3, -0.25) is 9.59 Å². The largest absolute Gasteiger partial charge is 0.345 e. The third-order valence-electron chi connectivity index (χ3n) is 4.17. The lowest BCUT2D eigenvalue weighted by Crippen LogP contribution is -2.58. The molecule has 1 aliphatic carbocycles. The van der Waals surface area contributed by atoms with Crippen LogP contribution in [-0.4, -0.2) is 29.3 Å². The van der Waals surface area contributed by atoms with Crippen molar-refractivity contribution in [3.8, 4) is 0 Å². The van der Waals surface area contributed by atoms with Gasteiger partial charge in [0, 0.05) is 0 Å². The predicted octanol–water partition coefficient (Wildman–Crippen LogP) is 1.41. The average Bonchev–Trinajstić information content (AvgIpc) is 2.44. The fourth-order valence-electron chi connectivity index (χ4n) is 3.21. The lowest BCUT2D eigenvalue weighted by molar-refractivity contribution is -0.148.